The van der Waals surface area contributed by atoms with Crippen molar-refractivity contribution < 1.29 is 13.3 Å². The summed E-state index contributed by atoms with van der Waals surface area (Å²) in [5.74, 6) is 0.0349. The topological polar surface area (TPSA) is 128 Å². The number of nitrogens with zero attached hydrogens (tertiary/aromatic N) is 2. The fourth-order valence-electron chi connectivity index (χ4n) is 1.30. The first kappa shape index (κ1) is 15.3. The Morgan fingerprint density at radius 1 is 1.53 bits per heavy atom. The highest BCUT2D eigenvalue weighted by molar-refractivity contribution is 7.89. The maximum absolute atomic E-state index is 11.9. The maximum Gasteiger partial charge on any atom is 0.312 e. The number of anilines is 1. The highest BCUT2D eigenvalue weighted by Gasteiger charge is 2.21. The minimum atomic E-state index is -3.80. The summed E-state index contributed by atoms with van der Waals surface area (Å²) >= 11 is 0. The van der Waals surface area contributed by atoms with Crippen LogP contribution in [-0.2, 0) is 10.0 Å². The standard InChI is InChI=1S/C10H16N4O4S/c1-7(2)3-4-13-19(17,18)8-5-9(14(15)16)10(11)12-6-8/h5-7,13H,3-4H2,1-2H3,(H2,11,12). The van der Waals surface area contributed by atoms with Crippen LogP contribution in [0.2, 0.25) is 0 Å². The van der Waals surface area contributed by atoms with Crippen molar-refractivity contribution in [2.75, 3.05) is 12.3 Å². The second kappa shape index (κ2) is 5.93. The minimum Gasteiger partial charge on any atom is -0.378 e. The molecular weight excluding hydrogens is 272 g/mol. The Kier molecular flexibility index (Phi) is 4.78. The molecule has 1 aromatic rings. The van der Waals surface area contributed by atoms with E-state index in [9.17, 15) is 18.5 Å². The molecule has 0 spiro atoms. The summed E-state index contributed by atoms with van der Waals surface area (Å²) in [5.41, 5.74) is 4.78. The molecular formula is C10H16N4O4S. The van der Waals surface area contributed by atoms with Gasteiger partial charge in [0.25, 0.3) is 0 Å². The van der Waals surface area contributed by atoms with E-state index in [-0.39, 0.29) is 17.3 Å². The molecule has 0 aliphatic rings. The molecule has 0 fully saturated rings. The van der Waals surface area contributed by atoms with Gasteiger partial charge in [-0.3, -0.25) is 10.1 Å². The molecule has 0 unspecified atom stereocenters. The second-order valence-corrected chi connectivity index (χ2v) is 6.18. The molecule has 0 atom stereocenters. The van der Waals surface area contributed by atoms with E-state index in [2.05, 4.69) is 9.71 Å². The van der Waals surface area contributed by atoms with E-state index in [1.165, 1.54) is 0 Å². The average Bonchev–Trinajstić information content (AvgIpc) is 2.27. The minimum absolute atomic E-state index is 0.262. The predicted molar refractivity (Wildman–Crippen MR) is 69.9 cm³/mol. The third kappa shape index (κ3) is 4.14. The summed E-state index contributed by atoms with van der Waals surface area (Å²) in [5, 5.41) is 10.7. The van der Waals surface area contributed by atoms with Gasteiger partial charge in [0.05, 0.1) is 4.92 Å². The number of aromatic nitrogens is 1. The number of nitro groups is 1. The second-order valence-electron chi connectivity index (χ2n) is 4.41. The Bertz CT molecular complexity index is 571. The molecule has 3 N–H and O–H groups in total. The van der Waals surface area contributed by atoms with Gasteiger partial charge in [-0.25, -0.2) is 18.1 Å². The van der Waals surface area contributed by atoms with E-state index in [0.717, 1.165) is 12.3 Å². The lowest BCUT2D eigenvalue weighted by molar-refractivity contribution is -0.384. The van der Waals surface area contributed by atoms with Crippen molar-refractivity contribution in [2.24, 2.45) is 5.92 Å². The van der Waals surface area contributed by atoms with Gasteiger partial charge in [0, 0.05) is 18.8 Å². The summed E-state index contributed by atoms with van der Waals surface area (Å²) in [6.45, 7) is 4.19. The van der Waals surface area contributed by atoms with Gasteiger partial charge in [-0.1, -0.05) is 13.8 Å². The molecule has 1 rings (SSSR count). The van der Waals surface area contributed by atoms with E-state index in [4.69, 9.17) is 5.73 Å². The van der Waals surface area contributed by atoms with E-state index in [1.807, 2.05) is 13.8 Å². The molecule has 106 valence electrons. The van der Waals surface area contributed by atoms with Crippen LogP contribution in [0, 0.1) is 16.0 Å². The van der Waals surface area contributed by atoms with Crippen LogP contribution in [0.5, 0.6) is 0 Å². The zero-order valence-electron chi connectivity index (χ0n) is 10.7. The molecule has 0 aliphatic heterocycles. The Morgan fingerprint density at radius 2 is 2.16 bits per heavy atom. The molecule has 0 saturated carbocycles. The normalized spacial score (nSPS) is 11.7. The first-order valence-electron chi connectivity index (χ1n) is 5.63. The number of nitrogen functional groups attached to an aromatic ring is 1. The highest BCUT2D eigenvalue weighted by Crippen LogP contribution is 2.22. The molecule has 8 nitrogen and oxygen atoms in total. The van der Waals surface area contributed by atoms with E-state index < -0.39 is 20.6 Å². The van der Waals surface area contributed by atoms with Gasteiger partial charge in [0.15, 0.2) is 0 Å². The maximum atomic E-state index is 11.9. The number of hydrogen-bond donors (Lipinski definition) is 2. The molecule has 1 aromatic heterocycles. The van der Waals surface area contributed by atoms with Crippen molar-refractivity contribution in [1.82, 2.24) is 9.71 Å². The van der Waals surface area contributed by atoms with Crippen LogP contribution in [0.3, 0.4) is 0 Å². The third-order valence-corrected chi connectivity index (χ3v) is 3.82. The van der Waals surface area contributed by atoms with E-state index in [0.29, 0.717) is 12.3 Å². The van der Waals surface area contributed by atoms with Gasteiger partial charge < -0.3 is 5.73 Å². The number of nitrogens with two attached hydrogens (primary N) is 1. The predicted octanol–water partition coefficient (Wildman–Crippen LogP) is 0.896. The van der Waals surface area contributed by atoms with Crippen molar-refractivity contribution in [3.63, 3.8) is 0 Å². The average molecular weight is 288 g/mol. The van der Waals surface area contributed by atoms with Gasteiger partial charge in [-0.05, 0) is 12.3 Å². The van der Waals surface area contributed by atoms with Crippen molar-refractivity contribution in [1.29, 1.82) is 0 Å². The van der Waals surface area contributed by atoms with Crippen molar-refractivity contribution in [2.45, 2.75) is 25.2 Å². The highest BCUT2D eigenvalue weighted by atomic mass is 32.2. The molecule has 0 radical (unpaired) electrons. The van der Waals surface area contributed by atoms with Gasteiger partial charge >= 0.3 is 5.69 Å². The van der Waals surface area contributed by atoms with Crippen LogP contribution in [-0.4, -0.2) is 24.9 Å². The number of nitrogens with one attached hydrogen (secondary N) is 1. The van der Waals surface area contributed by atoms with Gasteiger partial charge in [0.2, 0.25) is 15.8 Å². The zero-order chi connectivity index (χ0) is 14.6. The lowest BCUT2D eigenvalue weighted by Crippen LogP contribution is -2.26. The van der Waals surface area contributed by atoms with Crippen LogP contribution in [0.1, 0.15) is 20.3 Å². The number of hydrogen-bond acceptors (Lipinski definition) is 6. The Balaban J connectivity index is 2.96. The Hall–Kier alpha value is -1.74. The Morgan fingerprint density at radius 3 is 2.68 bits per heavy atom. The lowest BCUT2D eigenvalue weighted by atomic mass is 10.1. The fraction of sp³-hybridized carbons (Fsp3) is 0.500. The monoisotopic (exact) mass is 288 g/mol. The van der Waals surface area contributed by atoms with Crippen molar-refractivity contribution in [3.05, 3.63) is 22.4 Å². The lowest BCUT2D eigenvalue weighted by Gasteiger charge is -2.08. The van der Waals surface area contributed by atoms with Crippen LogP contribution < -0.4 is 10.5 Å². The molecule has 0 amide bonds. The van der Waals surface area contributed by atoms with E-state index in [1.54, 1.807) is 0 Å². The first-order chi connectivity index (χ1) is 8.74. The van der Waals surface area contributed by atoms with Crippen molar-refractivity contribution >= 4 is 21.5 Å². The first-order valence-corrected chi connectivity index (χ1v) is 7.12. The summed E-state index contributed by atoms with van der Waals surface area (Å²) in [6, 6.07) is 0.903. The summed E-state index contributed by atoms with van der Waals surface area (Å²) < 4.78 is 26.1. The van der Waals surface area contributed by atoms with Crippen molar-refractivity contribution in [3.8, 4) is 0 Å². The van der Waals surface area contributed by atoms with Gasteiger partial charge in [0.1, 0.15) is 4.90 Å². The Labute approximate surface area is 111 Å². The molecule has 19 heavy (non-hydrogen) atoms. The van der Waals surface area contributed by atoms with E-state index >= 15 is 0 Å². The smallest absolute Gasteiger partial charge is 0.312 e. The van der Waals surface area contributed by atoms with Crippen LogP contribution >= 0.6 is 0 Å². The van der Waals surface area contributed by atoms with Gasteiger partial charge in [-0.2, -0.15) is 0 Å². The number of sulfonamides is 1. The molecule has 1 heterocycles. The fourth-order valence-corrected chi connectivity index (χ4v) is 2.32. The van der Waals surface area contributed by atoms with Crippen LogP contribution in [0.15, 0.2) is 17.2 Å². The summed E-state index contributed by atoms with van der Waals surface area (Å²) in [7, 11) is -3.80. The molecule has 0 saturated heterocycles. The quantitative estimate of drug-likeness (QED) is 0.591. The number of pyridine rings is 1. The number of rotatable bonds is 6. The largest absolute Gasteiger partial charge is 0.378 e. The van der Waals surface area contributed by atoms with Gasteiger partial charge in [-0.15, -0.1) is 0 Å². The molecule has 0 bridgehead atoms. The summed E-state index contributed by atoms with van der Waals surface area (Å²) in [6.07, 6.45) is 1.67. The molecule has 0 aliphatic carbocycles. The summed E-state index contributed by atoms with van der Waals surface area (Å²) in [4.78, 5) is 13.2. The molecule has 0 aromatic carbocycles. The van der Waals surface area contributed by atoms with Crippen LogP contribution in [0.25, 0.3) is 0 Å². The SMILES string of the molecule is CC(C)CCNS(=O)(=O)c1cnc(N)c([N+](=O)[O-])c1. The third-order valence-electron chi connectivity index (χ3n) is 2.39. The van der Waals surface area contributed by atoms with Crippen LogP contribution in [0.4, 0.5) is 11.5 Å². The molecule has 9 heteroatoms. The zero-order valence-corrected chi connectivity index (χ0v) is 11.5.